The maximum absolute atomic E-state index is 5.88. The fraction of sp³-hybridized carbons (Fsp3) is 0.429. The van der Waals surface area contributed by atoms with E-state index in [1.165, 1.54) is 17.7 Å². The molecule has 4 nitrogen and oxygen atoms in total. The molecule has 3 rings (SSSR count). The van der Waals surface area contributed by atoms with Gasteiger partial charge in [0.1, 0.15) is 0 Å². The van der Waals surface area contributed by atoms with Crippen LogP contribution >= 0.6 is 11.8 Å². The Hall–Kier alpha value is -1.33. The Morgan fingerprint density at radius 1 is 1.47 bits per heavy atom. The van der Waals surface area contributed by atoms with Crippen LogP contribution in [0.25, 0.3) is 0 Å². The minimum absolute atomic E-state index is 0.0606. The monoisotopic (exact) mass is 275 g/mol. The average Bonchev–Trinajstić information content (AvgIpc) is 3.16. The van der Waals surface area contributed by atoms with Gasteiger partial charge in [0.05, 0.1) is 5.75 Å². The third kappa shape index (κ3) is 3.16. The lowest BCUT2D eigenvalue weighted by Crippen LogP contribution is -2.04. The van der Waals surface area contributed by atoms with Crippen LogP contribution in [0.1, 0.15) is 49.0 Å². The van der Waals surface area contributed by atoms with Gasteiger partial charge in [-0.3, -0.25) is 0 Å². The third-order valence-electron chi connectivity index (χ3n) is 3.17. The number of hydrogen-bond donors (Lipinski definition) is 1. The Bertz CT molecular complexity index is 563. The largest absolute Gasteiger partial charge is 0.338 e. The zero-order valence-corrected chi connectivity index (χ0v) is 11.7. The first-order valence-electron chi connectivity index (χ1n) is 6.53. The average molecular weight is 275 g/mol. The molecule has 1 aromatic heterocycles. The van der Waals surface area contributed by atoms with E-state index in [2.05, 4.69) is 22.3 Å². The second kappa shape index (κ2) is 5.35. The summed E-state index contributed by atoms with van der Waals surface area (Å²) in [6, 6.07) is 8.34. The standard InChI is InChI=1S/C14H17N3OS/c1-9(15)11-3-2-4-12(7-11)19-8-13-16-14(17-18-13)10-5-6-10/h2-4,7,9-10H,5-6,8,15H2,1H3. The van der Waals surface area contributed by atoms with Gasteiger partial charge in [-0.15, -0.1) is 11.8 Å². The number of rotatable bonds is 5. The van der Waals surface area contributed by atoms with Crippen LogP contribution in [0.5, 0.6) is 0 Å². The van der Waals surface area contributed by atoms with Gasteiger partial charge in [0.2, 0.25) is 5.89 Å². The third-order valence-corrected chi connectivity index (χ3v) is 4.15. The summed E-state index contributed by atoms with van der Waals surface area (Å²) in [6.07, 6.45) is 2.39. The lowest BCUT2D eigenvalue weighted by molar-refractivity contribution is 0.385. The van der Waals surface area contributed by atoms with Crippen molar-refractivity contribution in [3.05, 3.63) is 41.5 Å². The Labute approximate surface area is 116 Å². The predicted molar refractivity (Wildman–Crippen MR) is 74.9 cm³/mol. The van der Waals surface area contributed by atoms with Crippen LogP contribution in [0.2, 0.25) is 0 Å². The minimum Gasteiger partial charge on any atom is -0.338 e. The number of thioether (sulfide) groups is 1. The highest BCUT2D eigenvalue weighted by atomic mass is 32.2. The van der Waals surface area contributed by atoms with Crippen molar-refractivity contribution in [2.75, 3.05) is 0 Å². The Balaban J connectivity index is 1.62. The lowest BCUT2D eigenvalue weighted by Gasteiger charge is -2.06. The molecule has 1 aromatic carbocycles. The van der Waals surface area contributed by atoms with Gasteiger partial charge in [-0.05, 0) is 37.5 Å². The molecule has 1 aliphatic carbocycles. The van der Waals surface area contributed by atoms with Gasteiger partial charge in [-0.2, -0.15) is 4.98 Å². The van der Waals surface area contributed by atoms with E-state index in [0.29, 0.717) is 17.6 Å². The molecule has 0 spiro atoms. The highest BCUT2D eigenvalue weighted by molar-refractivity contribution is 7.98. The topological polar surface area (TPSA) is 64.9 Å². The molecule has 19 heavy (non-hydrogen) atoms. The molecule has 0 radical (unpaired) electrons. The molecule has 1 saturated carbocycles. The molecule has 1 atom stereocenters. The van der Waals surface area contributed by atoms with Crippen LogP contribution < -0.4 is 5.73 Å². The highest BCUT2D eigenvalue weighted by Gasteiger charge is 2.28. The molecule has 1 aliphatic rings. The fourth-order valence-electron chi connectivity index (χ4n) is 1.87. The summed E-state index contributed by atoms with van der Waals surface area (Å²) in [4.78, 5) is 5.60. The molecule has 0 aliphatic heterocycles. The van der Waals surface area contributed by atoms with E-state index in [4.69, 9.17) is 10.3 Å². The lowest BCUT2D eigenvalue weighted by atomic mass is 10.1. The molecule has 100 valence electrons. The van der Waals surface area contributed by atoms with Gasteiger partial charge >= 0.3 is 0 Å². The van der Waals surface area contributed by atoms with Crippen molar-refractivity contribution in [1.29, 1.82) is 0 Å². The Kier molecular flexibility index (Phi) is 3.57. The maximum atomic E-state index is 5.88. The van der Waals surface area contributed by atoms with Gasteiger partial charge in [-0.1, -0.05) is 17.3 Å². The van der Waals surface area contributed by atoms with Crippen LogP contribution in [0.3, 0.4) is 0 Å². The van der Waals surface area contributed by atoms with E-state index in [1.807, 2.05) is 19.1 Å². The summed E-state index contributed by atoms with van der Waals surface area (Å²) >= 11 is 1.70. The molecule has 0 amide bonds. The van der Waals surface area contributed by atoms with Crippen molar-refractivity contribution < 1.29 is 4.52 Å². The smallest absolute Gasteiger partial charge is 0.237 e. The number of aromatic nitrogens is 2. The summed E-state index contributed by atoms with van der Waals surface area (Å²) in [6.45, 7) is 1.99. The molecule has 0 saturated heterocycles. The van der Waals surface area contributed by atoms with Crippen LogP contribution in [-0.2, 0) is 5.75 Å². The van der Waals surface area contributed by atoms with Gasteiger partial charge in [0.25, 0.3) is 0 Å². The van der Waals surface area contributed by atoms with Crippen molar-refractivity contribution in [3.63, 3.8) is 0 Å². The first-order chi connectivity index (χ1) is 9.22. The van der Waals surface area contributed by atoms with Crippen molar-refractivity contribution in [2.45, 2.75) is 42.4 Å². The minimum atomic E-state index is 0.0606. The SMILES string of the molecule is CC(N)c1cccc(SCc2nc(C3CC3)no2)c1. The van der Waals surface area contributed by atoms with Crippen molar-refractivity contribution in [3.8, 4) is 0 Å². The second-order valence-electron chi connectivity index (χ2n) is 4.97. The number of benzene rings is 1. The molecule has 0 bridgehead atoms. The normalized spacial score (nSPS) is 16.5. The molecular formula is C14H17N3OS. The van der Waals surface area contributed by atoms with Crippen molar-refractivity contribution >= 4 is 11.8 Å². The molecule has 5 heteroatoms. The Morgan fingerprint density at radius 2 is 2.32 bits per heavy atom. The van der Waals surface area contributed by atoms with E-state index in [1.54, 1.807) is 11.8 Å². The van der Waals surface area contributed by atoms with E-state index in [0.717, 1.165) is 11.4 Å². The summed E-state index contributed by atoms with van der Waals surface area (Å²) in [5.74, 6) is 2.84. The zero-order chi connectivity index (χ0) is 13.2. The first kappa shape index (κ1) is 12.7. The van der Waals surface area contributed by atoms with E-state index < -0.39 is 0 Å². The Morgan fingerprint density at radius 3 is 3.05 bits per heavy atom. The van der Waals surface area contributed by atoms with Gasteiger partial charge < -0.3 is 10.3 Å². The molecule has 1 fully saturated rings. The fourth-order valence-corrected chi connectivity index (χ4v) is 2.67. The quantitative estimate of drug-likeness (QED) is 0.848. The number of nitrogens with zero attached hydrogens (tertiary/aromatic N) is 2. The van der Waals surface area contributed by atoms with Crippen LogP contribution in [0.15, 0.2) is 33.7 Å². The second-order valence-corrected chi connectivity index (χ2v) is 6.02. The number of nitrogens with two attached hydrogens (primary N) is 1. The molecule has 2 N–H and O–H groups in total. The van der Waals surface area contributed by atoms with Gasteiger partial charge in [0, 0.05) is 16.9 Å². The van der Waals surface area contributed by atoms with Gasteiger partial charge in [-0.25, -0.2) is 0 Å². The summed E-state index contributed by atoms with van der Waals surface area (Å²) in [5.41, 5.74) is 7.03. The van der Waals surface area contributed by atoms with E-state index >= 15 is 0 Å². The van der Waals surface area contributed by atoms with Crippen molar-refractivity contribution in [2.24, 2.45) is 5.73 Å². The summed E-state index contributed by atoms with van der Waals surface area (Å²) in [5, 5.41) is 4.02. The highest BCUT2D eigenvalue weighted by Crippen LogP contribution is 2.38. The van der Waals surface area contributed by atoms with E-state index in [-0.39, 0.29) is 6.04 Å². The summed E-state index contributed by atoms with van der Waals surface area (Å²) < 4.78 is 5.26. The van der Waals surface area contributed by atoms with E-state index in [9.17, 15) is 0 Å². The molecule has 1 unspecified atom stereocenters. The number of hydrogen-bond acceptors (Lipinski definition) is 5. The molecular weight excluding hydrogens is 258 g/mol. The van der Waals surface area contributed by atoms with Crippen LogP contribution in [0.4, 0.5) is 0 Å². The van der Waals surface area contributed by atoms with Crippen molar-refractivity contribution in [1.82, 2.24) is 10.1 Å². The van der Waals surface area contributed by atoms with Crippen LogP contribution in [0, 0.1) is 0 Å². The zero-order valence-electron chi connectivity index (χ0n) is 10.9. The predicted octanol–water partition coefficient (Wildman–Crippen LogP) is 3.26. The first-order valence-corrected chi connectivity index (χ1v) is 7.52. The molecule has 2 aromatic rings. The van der Waals surface area contributed by atoms with Gasteiger partial charge in [0.15, 0.2) is 5.82 Å². The molecule has 1 heterocycles. The summed E-state index contributed by atoms with van der Waals surface area (Å²) in [7, 11) is 0. The van der Waals surface area contributed by atoms with Crippen LogP contribution in [-0.4, -0.2) is 10.1 Å². The maximum Gasteiger partial charge on any atom is 0.237 e.